The van der Waals surface area contributed by atoms with Crippen LogP contribution in [0.4, 0.5) is 23.1 Å². The molecule has 0 fully saturated rings. The maximum atomic E-state index is 4.55. The molecule has 0 spiro atoms. The second kappa shape index (κ2) is 7.75. The Morgan fingerprint density at radius 3 is 2.32 bits per heavy atom. The van der Waals surface area contributed by atoms with Gasteiger partial charge in [-0.2, -0.15) is 10.1 Å². The first-order valence-corrected chi connectivity index (χ1v) is 8.60. The molecule has 1 heterocycles. The summed E-state index contributed by atoms with van der Waals surface area (Å²) in [7, 11) is 0. The monoisotopic (exact) mass is 333 g/mol. The van der Waals surface area contributed by atoms with E-state index in [0.717, 1.165) is 24.2 Å². The highest BCUT2D eigenvalue weighted by Gasteiger charge is 2.08. The number of aryl methyl sites for hydroxylation is 3. The van der Waals surface area contributed by atoms with Crippen molar-refractivity contribution in [1.29, 1.82) is 0 Å². The van der Waals surface area contributed by atoms with Crippen LogP contribution < -0.4 is 10.6 Å². The molecule has 128 valence electrons. The highest BCUT2D eigenvalue weighted by Crippen LogP contribution is 2.26. The van der Waals surface area contributed by atoms with Gasteiger partial charge in [0.05, 0.1) is 6.20 Å². The predicted octanol–water partition coefficient (Wildman–Crippen LogP) is 4.79. The van der Waals surface area contributed by atoms with Crippen LogP contribution in [0.2, 0.25) is 0 Å². The van der Waals surface area contributed by atoms with Crippen LogP contribution in [-0.4, -0.2) is 15.2 Å². The second-order valence-electron chi connectivity index (χ2n) is 5.94. The van der Waals surface area contributed by atoms with Gasteiger partial charge < -0.3 is 10.6 Å². The van der Waals surface area contributed by atoms with Gasteiger partial charge in [-0.25, -0.2) is 0 Å². The Morgan fingerprint density at radius 2 is 1.64 bits per heavy atom. The summed E-state index contributed by atoms with van der Waals surface area (Å²) in [5.41, 5.74) is 5.78. The molecule has 0 atom stereocenters. The molecule has 0 unspecified atom stereocenters. The molecule has 0 amide bonds. The van der Waals surface area contributed by atoms with Gasteiger partial charge >= 0.3 is 0 Å². The van der Waals surface area contributed by atoms with Crippen LogP contribution in [0.15, 0.2) is 48.7 Å². The van der Waals surface area contributed by atoms with Crippen LogP contribution in [0.3, 0.4) is 0 Å². The van der Waals surface area contributed by atoms with Gasteiger partial charge in [-0.15, -0.1) is 5.10 Å². The Kier molecular flexibility index (Phi) is 5.23. The van der Waals surface area contributed by atoms with E-state index in [2.05, 4.69) is 70.9 Å². The predicted molar refractivity (Wildman–Crippen MR) is 103 cm³/mol. The van der Waals surface area contributed by atoms with Crippen molar-refractivity contribution >= 4 is 23.1 Å². The van der Waals surface area contributed by atoms with Crippen molar-refractivity contribution in [3.8, 4) is 0 Å². The molecule has 3 aromatic rings. The van der Waals surface area contributed by atoms with Gasteiger partial charge in [0.2, 0.25) is 5.95 Å². The number of anilines is 4. The summed E-state index contributed by atoms with van der Waals surface area (Å²) in [6, 6.07) is 14.5. The highest BCUT2D eigenvalue weighted by molar-refractivity contribution is 5.65. The van der Waals surface area contributed by atoms with Crippen LogP contribution in [0, 0.1) is 6.92 Å². The lowest BCUT2D eigenvalue weighted by molar-refractivity contribution is 0.979. The number of rotatable bonds is 6. The zero-order valence-electron chi connectivity index (χ0n) is 14.9. The van der Waals surface area contributed by atoms with E-state index in [1.54, 1.807) is 6.20 Å². The normalized spacial score (nSPS) is 10.5. The summed E-state index contributed by atoms with van der Waals surface area (Å²) in [6.07, 6.45) is 3.57. The summed E-state index contributed by atoms with van der Waals surface area (Å²) >= 11 is 0. The molecule has 1 aromatic heterocycles. The number of hydrogen-bond donors (Lipinski definition) is 2. The number of nitrogens with one attached hydrogen (secondary N) is 2. The van der Waals surface area contributed by atoms with Crippen LogP contribution in [0.1, 0.15) is 30.5 Å². The number of para-hydroxylation sites is 1. The van der Waals surface area contributed by atoms with Crippen molar-refractivity contribution in [3.63, 3.8) is 0 Å². The fourth-order valence-electron chi connectivity index (χ4n) is 2.80. The number of aromatic nitrogens is 3. The average Bonchev–Trinajstić information content (AvgIpc) is 2.62. The summed E-state index contributed by atoms with van der Waals surface area (Å²) in [5, 5.41) is 14.8. The number of benzene rings is 2. The Bertz CT molecular complexity index is 838. The van der Waals surface area contributed by atoms with Gasteiger partial charge in [-0.3, -0.25) is 0 Å². The van der Waals surface area contributed by atoms with E-state index in [4.69, 9.17) is 0 Å². The SMILES string of the molecule is CCc1cccc(CC)c1Nc1cnnc(Nc2cccc(C)c2)n1. The van der Waals surface area contributed by atoms with Crippen LogP contribution in [0.5, 0.6) is 0 Å². The van der Waals surface area contributed by atoms with Crippen LogP contribution in [0.25, 0.3) is 0 Å². The third-order valence-corrected chi connectivity index (χ3v) is 4.08. The molecule has 5 heteroatoms. The average molecular weight is 333 g/mol. The molecular formula is C20H23N5. The summed E-state index contributed by atoms with van der Waals surface area (Å²) < 4.78 is 0. The Balaban J connectivity index is 1.85. The molecule has 0 aliphatic rings. The topological polar surface area (TPSA) is 62.7 Å². The van der Waals surface area contributed by atoms with Crippen molar-refractivity contribution in [2.24, 2.45) is 0 Å². The minimum atomic E-state index is 0.475. The molecule has 0 bridgehead atoms. The van der Waals surface area contributed by atoms with E-state index in [1.165, 1.54) is 16.7 Å². The fourth-order valence-corrected chi connectivity index (χ4v) is 2.80. The third kappa shape index (κ3) is 4.12. The lowest BCUT2D eigenvalue weighted by atomic mass is 10.0. The van der Waals surface area contributed by atoms with E-state index >= 15 is 0 Å². The molecule has 2 aromatic carbocycles. The zero-order valence-corrected chi connectivity index (χ0v) is 14.9. The molecule has 5 nitrogen and oxygen atoms in total. The van der Waals surface area contributed by atoms with Gasteiger partial charge in [0, 0.05) is 11.4 Å². The Morgan fingerprint density at radius 1 is 0.920 bits per heavy atom. The molecule has 2 N–H and O–H groups in total. The van der Waals surface area contributed by atoms with Crippen molar-refractivity contribution in [3.05, 3.63) is 65.4 Å². The molecule has 25 heavy (non-hydrogen) atoms. The molecule has 3 rings (SSSR count). The zero-order chi connectivity index (χ0) is 17.6. The minimum Gasteiger partial charge on any atom is -0.338 e. The van der Waals surface area contributed by atoms with Gasteiger partial charge in [-0.1, -0.05) is 44.2 Å². The molecule has 0 saturated heterocycles. The highest BCUT2D eigenvalue weighted by atomic mass is 15.3. The van der Waals surface area contributed by atoms with Gasteiger partial charge in [0.1, 0.15) is 0 Å². The van der Waals surface area contributed by atoms with E-state index in [9.17, 15) is 0 Å². The fraction of sp³-hybridized carbons (Fsp3) is 0.250. The Hall–Kier alpha value is -2.95. The molecule has 0 aliphatic carbocycles. The van der Waals surface area contributed by atoms with Crippen LogP contribution in [-0.2, 0) is 12.8 Å². The quantitative estimate of drug-likeness (QED) is 0.679. The van der Waals surface area contributed by atoms with E-state index in [1.807, 2.05) is 18.2 Å². The lowest BCUT2D eigenvalue weighted by Crippen LogP contribution is -2.05. The first-order valence-electron chi connectivity index (χ1n) is 8.60. The smallest absolute Gasteiger partial charge is 0.249 e. The van der Waals surface area contributed by atoms with Gasteiger partial charge in [0.15, 0.2) is 5.82 Å². The second-order valence-corrected chi connectivity index (χ2v) is 5.94. The minimum absolute atomic E-state index is 0.475. The van der Waals surface area contributed by atoms with Crippen molar-refractivity contribution in [1.82, 2.24) is 15.2 Å². The number of hydrogen-bond acceptors (Lipinski definition) is 5. The maximum absolute atomic E-state index is 4.55. The lowest BCUT2D eigenvalue weighted by Gasteiger charge is -2.15. The van der Waals surface area contributed by atoms with Gasteiger partial charge in [-0.05, 0) is 48.6 Å². The summed E-state index contributed by atoms with van der Waals surface area (Å²) in [5.74, 6) is 1.16. The van der Waals surface area contributed by atoms with E-state index in [0.29, 0.717) is 11.8 Å². The third-order valence-electron chi connectivity index (χ3n) is 4.08. The van der Waals surface area contributed by atoms with Crippen LogP contribution >= 0.6 is 0 Å². The van der Waals surface area contributed by atoms with E-state index in [-0.39, 0.29) is 0 Å². The van der Waals surface area contributed by atoms with Gasteiger partial charge in [0.25, 0.3) is 0 Å². The summed E-state index contributed by atoms with van der Waals surface area (Å²) in [4.78, 5) is 4.55. The van der Waals surface area contributed by atoms with Crippen molar-refractivity contribution < 1.29 is 0 Å². The molecular weight excluding hydrogens is 310 g/mol. The maximum Gasteiger partial charge on any atom is 0.249 e. The summed E-state index contributed by atoms with van der Waals surface area (Å²) in [6.45, 7) is 6.36. The molecule has 0 aliphatic heterocycles. The first-order chi connectivity index (χ1) is 12.2. The number of nitrogens with zero attached hydrogens (tertiary/aromatic N) is 3. The van der Waals surface area contributed by atoms with Crippen molar-refractivity contribution in [2.75, 3.05) is 10.6 Å². The van der Waals surface area contributed by atoms with Crippen molar-refractivity contribution in [2.45, 2.75) is 33.6 Å². The molecule has 0 radical (unpaired) electrons. The Labute approximate surface area is 148 Å². The first kappa shape index (κ1) is 16.9. The van der Waals surface area contributed by atoms with E-state index < -0.39 is 0 Å². The molecule has 0 saturated carbocycles. The largest absolute Gasteiger partial charge is 0.338 e. The standard InChI is InChI=1S/C20H23N5/c1-4-15-9-7-10-16(5-2)19(15)23-18-13-21-25-20(24-18)22-17-11-6-8-14(3)12-17/h6-13H,4-5H2,1-3H3,(H2,22,23,24,25).